The molecule has 0 aliphatic carbocycles. The molecule has 1 aliphatic heterocycles. The van der Waals surface area contributed by atoms with Crippen LogP contribution in [0.5, 0.6) is 5.75 Å². The largest absolute Gasteiger partial charge is 0.497 e. The van der Waals surface area contributed by atoms with Crippen LogP contribution >= 0.6 is 0 Å². The third kappa shape index (κ3) is 4.68. The van der Waals surface area contributed by atoms with Gasteiger partial charge in [0.1, 0.15) is 5.75 Å². The van der Waals surface area contributed by atoms with Crippen molar-refractivity contribution in [3.63, 3.8) is 0 Å². The van der Waals surface area contributed by atoms with E-state index in [0.29, 0.717) is 31.1 Å². The molecule has 9 nitrogen and oxygen atoms in total. The molecule has 3 rings (SSSR count). The number of amides is 1. The van der Waals surface area contributed by atoms with Crippen molar-refractivity contribution >= 4 is 15.9 Å². The van der Waals surface area contributed by atoms with Crippen molar-refractivity contribution in [3.05, 3.63) is 30.2 Å². The molecule has 0 spiro atoms. The van der Waals surface area contributed by atoms with Crippen molar-refractivity contribution in [1.82, 2.24) is 19.3 Å². The van der Waals surface area contributed by atoms with Gasteiger partial charge in [0.15, 0.2) is 0 Å². The van der Waals surface area contributed by atoms with Crippen LogP contribution in [-0.2, 0) is 21.4 Å². The molecule has 0 N–H and O–H groups in total. The van der Waals surface area contributed by atoms with Gasteiger partial charge in [0.25, 0.3) is 0 Å². The highest BCUT2D eigenvalue weighted by Gasteiger charge is 2.32. The van der Waals surface area contributed by atoms with E-state index in [1.165, 1.54) is 15.5 Å². The van der Waals surface area contributed by atoms with Crippen molar-refractivity contribution in [2.75, 3.05) is 33.5 Å². The molecule has 28 heavy (non-hydrogen) atoms. The molecular weight excluding hydrogens is 384 g/mol. The number of ether oxygens (including phenoxy) is 1. The maximum atomic E-state index is 12.7. The van der Waals surface area contributed by atoms with Crippen LogP contribution in [0.4, 0.5) is 0 Å². The number of piperidine rings is 1. The van der Waals surface area contributed by atoms with Crippen LogP contribution in [0.15, 0.2) is 28.8 Å². The number of carbonyl (C=O) groups excluding carboxylic acids is 1. The molecule has 1 amide bonds. The Labute approximate surface area is 164 Å². The van der Waals surface area contributed by atoms with Crippen molar-refractivity contribution < 1.29 is 22.5 Å². The summed E-state index contributed by atoms with van der Waals surface area (Å²) in [6, 6.07) is 7.25. The molecule has 2 aromatic rings. The average Bonchev–Trinajstić information content (AvgIpc) is 3.15. The first kappa shape index (κ1) is 20.3. The van der Waals surface area contributed by atoms with Gasteiger partial charge in [-0.15, -0.1) is 0 Å². The molecule has 152 valence electrons. The normalized spacial score (nSPS) is 18.0. The van der Waals surface area contributed by atoms with Crippen LogP contribution in [0, 0.1) is 5.92 Å². The summed E-state index contributed by atoms with van der Waals surface area (Å²) in [4.78, 5) is 18.6. The number of hydrogen-bond acceptors (Lipinski definition) is 7. The Morgan fingerprint density at radius 1 is 1.36 bits per heavy atom. The van der Waals surface area contributed by atoms with E-state index in [1.54, 1.807) is 26.3 Å². The number of carbonyl (C=O) groups is 1. The Morgan fingerprint density at radius 3 is 2.71 bits per heavy atom. The van der Waals surface area contributed by atoms with Gasteiger partial charge in [-0.1, -0.05) is 5.16 Å². The molecule has 2 heterocycles. The highest BCUT2D eigenvalue weighted by atomic mass is 32.2. The minimum absolute atomic E-state index is 0.127. The van der Waals surface area contributed by atoms with Crippen molar-refractivity contribution in [2.24, 2.45) is 5.92 Å². The Bertz CT molecular complexity index is 926. The lowest BCUT2D eigenvalue weighted by atomic mass is 9.98. The molecule has 0 bridgehead atoms. The standard InChI is InChI=1S/C18H24N4O5S/c1-21(18(23)14-5-4-10-22(11-14)28(3,24)25)12-16-19-17(20-27-16)13-6-8-15(26-2)9-7-13/h6-9,14H,4-5,10-12H2,1-3H3/t14-/m0/s1. The van der Waals surface area contributed by atoms with Crippen LogP contribution in [0.1, 0.15) is 18.7 Å². The van der Waals surface area contributed by atoms with Gasteiger partial charge in [0.2, 0.25) is 27.6 Å². The van der Waals surface area contributed by atoms with Gasteiger partial charge in [-0.2, -0.15) is 4.98 Å². The number of benzene rings is 1. The molecular formula is C18H24N4O5S. The van der Waals surface area contributed by atoms with Gasteiger partial charge in [-0.05, 0) is 37.1 Å². The summed E-state index contributed by atoms with van der Waals surface area (Å²) in [7, 11) is -0.0517. The fraction of sp³-hybridized carbons (Fsp3) is 0.500. The van der Waals surface area contributed by atoms with Crippen LogP contribution in [0.25, 0.3) is 11.4 Å². The zero-order chi connectivity index (χ0) is 20.3. The van der Waals surface area contributed by atoms with Gasteiger partial charge in [-0.3, -0.25) is 4.79 Å². The molecule has 1 aromatic heterocycles. The maximum Gasteiger partial charge on any atom is 0.246 e. The summed E-state index contributed by atoms with van der Waals surface area (Å²) in [5, 5.41) is 3.96. The van der Waals surface area contributed by atoms with Crippen molar-refractivity contribution in [1.29, 1.82) is 0 Å². The molecule has 0 unspecified atom stereocenters. The molecule has 1 aromatic carbocycles. The summed E-state index contributed by atoms with van der Waals surface area (Å²) >= 11 is 0. The van der Waals surface area contributed by atoms with E-state index < -0.39 is 10.0 Å². The second kappa shape index (κ2) is 8.27. The van der Waals surface area contributed by atoms with Crippen LogP contribution in [0.2, 0.25) is 0 Å². The summed E-state index contributed by atoms with van der Waals surface area (Å²) in [6.07, 6.45) is 2.50. The SMILES string of the molecule is COc1ccc(-c2noc(CN(C)C(=O)[C@H]3CCCN(S(C)(=O)=O)C3)n2)cc1. The predicted octanol–water partition coefficient (Wildman–Crippen LogP) is 1.38. The number of sulfonamides is 1. The highest BCUT2D eigenvalue weighted by Crippen LogP contribution is 2.22. The summed E-state index contributed by atoms with van der Waals surface area (Å²) < 4.78 is 35.3. The minimum Gasteiger partial charge on any atom is -0.497 e. The molecule has 1 saturated heterocycles. The van der Waals surface area contributed by atoms with E-state index in [4.69, 9.17) is 9.26 Å². The van der Waals surface area contributed by atoms with Gasteiger partial charge >= 0.3 is 0 Å². The summed E-state index contributed by atoms with van der Waals surface area (Å²) in [6.45, 7) is 0.835. The van der Waals surface area contributed by atoms with Gasteiger partial charge < -0.3 is 14.2 Å². The summed E-state index contributed by atoms with van der Waals surface area (Å²) in [5.41, 5.74) is 0.779. The number of rotatable bonds is 6. The molecule has 1 aliphatic rings. The lowest BCUT2D eigenvalue weighted by Crippen LogP contribution is -2.45. The minimum atomic E-state index is -3.30. The zero-order valence-electron chi connectivity index (χ0n) is 16.2. The fourth-order valence-corrected chi connectivity index (χ4v) is 4.13. The quantitative estimate of drug-likeness (QED) is 0.711. The smallest absolute Gasteiger partial charge is 0.246 e. The van der Waals surface area contributed by atoms with Crippen LogP contribution < -0.4 is 4.74 Å². The topological polar surface area (TPSA) is 106 Å². The lowest BCUT2D eigenvalue weighted by Gasteiger charge is -2.32. The first-order chi connectivity index (χ1) is 13.3. The Balaban J connectivity index is 1.63. The molecule has 0 radical (unpaired) electrons. The van der Waals surface area contributed by atoms with Crippen molar-refractivity contribution in [3.8, 4) is 17.1 Å². The second-order valence-corrected chi connectivity index (χ2v) is 8.88. The zero-order valence-corrected chi connectivity index (χ0v) is 17.0. The van der Waals surface area contributed by atoms with Gasteiger partial charge in [0, 0.05) is 25.7 Å². The third-order valence-electron chi connectivity index (χ3n) is 4.77. The molecule has 1 fully saturated rings. The second-order valence-electron chi connectivity index (χ2n) is 6.89. The number of aromatic nitrogens is 2. The predicted molar refractivity (Wildman–Crippen MR) is 102 cm³/mol. The monoisotopic (exact) mass is 408 g/mol. The van der Waals surface area contributed by atoms with Crippen LogP contribution in [0.3, 0.4) is 0 Å². The van der Waals surface area contributed by atoms with Crippen molar-refractivity contribution in [2.45, 2.75) is 19.4 Å². The Kier molecular flexibility index (Phi) is 5.99. The van der Waals surface area contributed by atoms with Crippen LogP contribution in [-0.4, -0.2) is 67.2 Å². The molecule has 0 saturated carbocycles. The van der Waals surface area contributed by atoms with E-state index in [1.807, 2.05) is 12.1 Å². The van der Waals surface area contributed by atoms with E-state index >= 15 is 0 Å². The van der Waals surface area contributed by atoms with E-state index in [2.05, 4.69) is 10.1 Å². The number of hydrogen-bond donors (Lipinski definition) is 0. The van der Waals surface area contributed by atoms with E-state index in [-0.39, 0.29) is 24.9 Å². The lowest BCUT2D eigenvalue weighted by molar-refractivity contribution is -0.136. The summed E-state index contributed by atoms with van der Waals surface area (Å²) in [5.74, 6) is 0.986. The Hall–Kier alpha value is -2.46. The molecule has 10 heteroatoms. The maximum absolute atomic E-state index is 12.7. The highest BCUT2D eigenvalue weighted by molar-refractivity contribution is 7.88. The number of nitrogens with zero attached hydrogens (tertiary/aromatic N) is 4. The first-order valence-corrected chi connectivity index (χ1v) is 10.8. The van der Waals surface area contributed by atoms with Gasteiger partial charge in [-0.25, -0.2) is 12.7 Å². The van der Waals surface area contributed by atoms with E-state index in [0.717, 1.165) is 11.3 Å². The third-order valence-corrected chi connectivity index (χ3v) is 6.04. The Morgan fingerprint density at radius 2 is 2.07 bits per heavy atom. The number of methoxy groups -OCH3 is 1. The van der Waals surface area contributed by atoms with E-state index in [9.17, 15) is 13.2 Å². The van der Waals surface area contributed by atoms with Gasteiger partial charge in [0.05, 0.1) is 25.8 Å². The average molecular weight is 408 g/mol. The first-order valence-electron chi connectivity index (χ1n) is 8.95. The fourth-order valence-electron chi connectivity index (χ4n) is 3.21. The molecule has 1 atom stereocenters.